The van der Waals surface area contributed by atoms with Crippen LogP contribution in [0.2, 0.25) is 20.1 Å². The van der Waals surface area contributed by atoms with Crippen LogP contribution in [0, 0.1) is 5.41 Å². The third-order valence-corrected chi connectivity index (χ3v) is 9.94. The number of rotatable bonds is 8. The molecule has 15 heteroatoms. The number of pyridine rings is 1. The van der Waals surface area contributed by atoms with Gasteiger partial charge in [-0.05, 0) is 35.6 Å². The molecule has 1 aliphatic heterocycles. The Labute approximate surface area is 268 Å². The Morgan fingerprint density at radius 3 is 2.19 bits per heavy atom. The van der Waals surface area contributed by atoms with E-state index in [0.29, 0.717) is 10.6 Å². The summed E-state index contributed by atoms with van der Waals surface area (Å²) in [5.41, 5.74) is 1.68. The Morgan fingerprint density at radius 1 is 1.05 bits per heavy atom. The highest BCUT2D eigenvalue weighted by Crippen LogP contribution is 2.41. The number of nitrogens with zero attached hydrogens (tertiary/aromatic N) is 3. The number of carbonyl (C=O) groups is 3. The number of nitrogens with one attached hydrogen (secondary N) is 1. The summed E-state index contributed by atoms with van der Waals surface area (Å²) < 4.78 is 28.7. The van der Waals surface area contributed by atoms with E-state index in [0.717, 1.165) is 16.7 Å². The van der Waals surface area contributed by atoms with E-state index in [-0.39, 0.29) is 49.9 Å². The van der Waals surface area contributed by atoms with Gasteiger partial charge in [0.05, 0.1) is 20.5 Å². The summed E-state index contributed by atoms with van der Waals surface area (Å²) in [6.45, 7) is 3.29. The zero-order valence-corrected chi connectivity index (χ0v) is 26.6. The Bertz CT molecular complexity index is 1630. The minimum absolute atomic E-state index is 0.0706. The van der Waals surface area contributed by atoms with Crippen LogP contribution in [-0.2, 0) is 26.0 Å². The van der Waals surface area contributed by atoms with E-state index < -0.39 is 45.3 Å². The van der Waals surface area contributed by atoms with Gasteiger partial charge in [0.25, 0.3) is 11.8 Å². The number of hydrazine groups is 1. The molecule has 0 radical (unpaired) electrons. The van der Waals surface area contributed by atoms with Gasteiger partial charge in [0, 0.05) is 35.4 Å². The summed E-state index contributed by atoms with van der Waals surface area (Å²) in [7, 11) is -4.38. The number of benzene rings is 2. The molecule has 1 aromatic heterocycles. The highest BCUT2D eigenvalue weighted by atomic mass is 35.5. The SMILES string of the molecule is CC1(C)CCN(S(=O)(=O)c2cc(Cl)cc(Cl)c2)[C@@H]1C(=O)N(NC(=O)c1c(Cl)cncc1Cl)[C@@H](Cc1ccccc1)C(=O)O. The minimum Gasteiger partial charge on any atom is -0.480 e. The fraction of sp³-hybridized carbons (Fsp3) is 0.286. The first-order valence-corrected chi connectivity index (χ1v) is 15.8. The van der Waals surface area contributed by atoms with Crippen LogP contribution < -0.4 is 5.43 Å². The summed E-state index contributed by atoms with van der Waals surface area (Å²) in [5.74, 6) is -3.41. The van der Waals surface area contributed by atoms with Crippen LogP contribution in [0.3, 0.4) is 0 Å². The molecule has 4 rings (SSSR count). The number of carbonyl (C=O) groups excluding carboxylic acids is 2. The Morgan fingerprint density at radius 2 is 1.63 bits per heavy atom. The number of carboxylic acids is 1. The highest BCUT2D eigenvalue weighted by molar-refractivity contribution is 7.89. The van der Waals surface area contributed by atoms with E-state index in [1.165, 1.54) is 18.2 Å². The average Bonchev–Trinajstić information content (AvgIpc) is 3.25. The lowest BCUT2D eigenvalue weighted by atomic mass is 9.84. The molecule has 0 bridgehead atoms. The first-order chi connectivity index (χ1) is 20.1. The van der Waals surface area contributed by atoms with Gasteiger partial charge in [0.2, 0.25) is 10.0 Å². The van der Waals surface area contributed by atoms with Crippen molar-refractivity contribution in [3.63, 3.8) is 0 Å². The van der Waals surface area contributed by atoms with Crippen molar-refractivity contribution in [2.75, 3.05) is 6.54 Å². The number of hydrogen-bond donors (Lipinski definition) is 2. The fourth-order valence-corrected chi connectivity index (χ4v) is 7.92. The summed E-state index contributed by atoms with van der Waals surface area (Å²) in [6.07, 6.45) is 2.36. The molecule has 43 heavy (non-hydrogen) atoms. The molecule has 1 fully saturated rings. The van der Waals surface area contributed by atoms with Crippen molar-refractivity contribution < 1.29 is 27.9 Å². The van der Waals surface area contributed by atoms with Gasteiger partial charge in [-0.15, -0.1) is 0 Å². The zero-order chi connectivity index (χ0) is 31.7. The molecular formula is C28H26Cl4N4O6S. The Kier molecular flexibility index (Phi) is 9.95. The molecule has 228 valence electrons. The van der Waals surface area contributed by atoms with E-state index in [2.05, 4.69) is 10.4 Å². The molecule has 2 aromatic carbocycles. The molecular weight excluding hydrogens is 662 g/mol. The van der Waals surface area contributed by atoms with Gasteiger partial charge in [0.1, 0.15) is 6.04 Å². The number of aliphatic carboxylic acids is 1. The lowest BCUT2D eigenvalue weighted by molar-refractivity contribution is -0.155. The molecule has 0 saturated carbocycles. The highest BCUT2D eigenvalue weighted by Gasteiger charge is 2.53. The van der Waals surface area contributed by atoms with Crippen molar-refractivity contribution >= 4 is 74.2 Å². The molecule has 2 N–H and O–H groups in total. The van der Waals surface area contributed by atoms with Gasteiger partial charge < -0.3 is 5.11 Å². The first kappa shape index (κ1) is 33.0. The lowest BCUT2D eigenvalue weighted by Gasteiger charge is -2.37. The van der Waals surface area contributed by atoms with E-state index in [1.807, 2.05) is 0 Å². The number of amides is 2. The maximum absolute atomic E-state index is 14.5. The summed E-state index contributed by atoms with van der Waals surface area (Å²) in [6, 6.07) is 9.15. The Balaban J connectivity index is 1.82. The van der Waals surface area contributed by atoms with Crippen LogP contribution in [-0.4, -0.2) is 64.2 Å². The Hall–Kier alpha value is -2.93. The second-order valence-corrected chi connectivity index (χ2v) is 14.1. The molecule has 2 amide bonds. The number of hydrogen-bond acceptors (Lipinski definition) is 6. The van der Waals surface area contributed by atoms with Crippen molar-refractivity contribution in [3.8, 4) is 0 Å². The van der Waals surface area contributed by atoms with Crippen molar-refractivity contribution in [1.82, 2.24) is 19.7 Å². The van der Waals surface area contributed by atoms with Gasteiger partial charge in [0.15, 0.2) is 6.04 Å². The number of aromatic nitrogens is 1. The second kappa shape index (κ2) is 13.0. The fourth-order valence-electron chi connectivity index (χ4n) is 4.92. The normalized spacial score (nSPS) is 17.3. The van der Waals surface area contributed by atoms with Crippen LogP contribution in [0.4, 0.5) is 0 Å². The molecule has 2 atom stereocenters. The summed E-state index contributed by atoms with van der Waals surface area (Å²) in [4.78, 5) is 44.2. The molecule has 1 saturated heterocycles. The second-order valence-electron chi connectivity index (χ2n) is 10.5. The summed E-state index contributed by atoms with van der Waals surface area (Å²) in [5, 5.41) is 10.8. The first-order valence-electron chi connectivity index (χ1n) is 12.8. The van der Waals surface area contributed by atoms with E-state index >= 15 is 0 Å². The average molecular weight is 688 g/mol. The van der Waals surface area contributed by atoms with Gasteiger partial charge >= 0.3 is 5.97 Å². The van der Waals surface area contributed by atoms with Gasteiger partial charge in [-0.25, -0.2) is 18.2 Å². The van der Waals surface area contributed by atoms with E-state index in [1.54, 1.807) is 44.2 Å². The zero-order valence-electron chi connectivity index (χ0n) is 22.8. The minimum atomic E-state index is -4.38. The molecule has 10 nitrogen and oxygen atoms in total. The van der Waals surface area contributed by atoms with Crippen LogP contribution in [0.15, 0.2) is 65.8 Å². The number of sulfonamides is 1. The van der Waals surface area contributed by atoms with Crippen LogP contribution >= 0.6 is 46.4 Å². The van der Waals surface area contributed by atoms with Crippen molar-refractivity contribution in [1.29, 1.82) is 0 Å². The molecule has 3 aromatic rings. The molecule has 0 aliphatic carbocycles. The van der Waals surface area contributed by atoms with Gasteiger partial charge in [-0.1, -0.05) is 90.6 Å². The van der Waals surface area contributed by atoms with Crippen LogP contribution in [0.1, 0.15) is 36.2 Å². The number of carboxylic acid groups (broad SMARTS) is 1. The monoisotopic (exact) mass is 686 g/mol. The topological polar surface area (TPSA) is 137 Å². The van der Waals surface area contributed by atoms with Crippen LogP contribution in [0.5, 0.6) is 0 Å². The maximum atomic E-state index is 14.5. The molecule has 0 spiro atoms. The number of halogens is 4. The van der Waals surface area contributed by atoms with E-state index in [4.69, 9.17) is 46.4 Å². The van der Waals surface area contributed by atoms with Crippen molar-refractivity contribution in [2.45, 2.75) is 43.7 Å². The predicted molar refractivity (Wildman–Crippen MR) is 163 cm³/mol. The third kappa shape index (κ3) is 7.08. The van der Waals surface area contributed by atoms with Crippen molar-refractivity contribution in [2.24, 2.45) is 5.41 Å². The smallest absolute Gasteiger partial charge is 0.328 e. The molecule has 1 aliphatic rings. The predicted octanol–water partition coefficient (Wildman–Crippen LogP) is 5.35. The van der Waals surface area contributed by atoms with E-state index in [9.17, 15) is 27.9 Å². The van der Waals surface area contributed by atoms with Crippen molar-refractivity contribution in [3.05, 3.63) is 92.1 Å². The third-order valence-electron chi connectivity index (χ3n) is 7.09. The molecule has 2 heterocycles. The van der Waals surface area contributed by atoms with Gasteiger partial charge in [-0.2, -0.15) is 4.31 Å². The molecule has 0 unspecified atom stereocenters. The quantitative estimate of drug-likeness (QED) is 0.305. The largest absolute Gasteiger partial charge is 0.480 e. The summed E-state index contributed by atoms with van der Waals surface area (Å²) >= 11 is 24.5. The lowest BCUT2D eigenvalue weighted by Crippen LogP contribution is -2.62. The maximum Gasteiger partial charge on any atom is 0.328 e. The standard InChI is InChI=1S/C28H26Cl4N4O6S/c1-28(2)8-9-35(43(41,42)19-12-17(29)11-18(30)13-19)24(28)26(38)36(22(27(39)40)10-16-6-4-3-5-7-16)34-25(37)23-20(31)14-33-15-21(23)32/h3-7,11-15,22,24H,8-10H2,1-2H3,(H,34,37)(H,39,40)/t22-,24+/m0/s1. The van der Waals surface area contributed by atoms with Crippen LogP contribution in [0.25, 0.3) is 0 Å². The van der Waals surface area contributed by atoms with Gasteiger partial charge in [-0.3, -0.25) is 20.0 Å².